The van der Waals surface area contributed by atoms with Crippen molar-refractivity contribution in [1.82, 2.24) is 9.97 Å². The van der Waals surface area contributed by atoms with Crippen LogP contribution in [0.3, 0.4) is 0 Å². The summed E-state index contributed by atoms with van der Waals surface area (Å²) in [6.45, 7) is 0. The maximum atomic E-state index is 11.0. The lowest BCUT2D eigenvalue weighted by molar-refractivity contribution is 0.111. The van der Waals surface area contributed by atoms with E-state index in [-0.39, 0.29) is 0 Å². The second-order valence-electron chi connectivity index (χ2n) is 4.49. The van der Waals surface area contributed by atoms with E-state index in [1.165, 1.54) is 25.7 Å². The predicted octanol–water partition coefficient (Wildman–Crippen LogP) is 2.05. The first-order chi connectivity index (χ1) is 7.38. The van der Waals surface area contributed by atoms with E-state index in [1.54, 1.807) is 0 Å². The monoisotopic (exact) mass is 202 g/mol. The van der Waals surface area contributed by atoms with Crippen LogP contribution in [-0.4, -0.2) is 16.3 Å². The molecule has 3 rings (SSSR count). The number of aromatic nitrogens is 2. The maximum absolute atomic E-state index is 11.0. The van der Waals surface area contributed by atoms with E-state index >= 15 is 0 Å². The van der Waals surface area contributed by atoms with Crippen molar-refractivity contribution >= 4 is 6.29 Å². The zero-order chi connectivity index (χ0) is 10.3. The van der Waals surface area contributed by atoms with E-state index in [0.717, 1.165) is 36.2 Å². The molecule has 1 heterocycles. The zero-order valence-corrected chi connectivity index (χ0v) is 8.70. The molecule has 2 aliphatic carbocycles. The van der Waals surface area contributed by atoms with Gasteiger partial charge < -0.3 is 0 Å². The number of rotatable bonds is 2. The van der Waals surface area contributed by atoms with Crippen molar-refractivity contribution in [2.24, 2.45) is 0 Å². The fourth-order valence-corrected chi connectivity index (χ4v) is 2.26. The summed E-state index contributed by atoms with van der Waals surface area (Å²) >= 11 is 0. The fraction of sp³-hybridized carbons (Fsp3) is 0.583. The van der Waals surface area contributed by atoms with Crippen molar-refractivity contribution in [3.63, 3.8) is 0 Å². The van der Waals surface area contributed by atoms with Crippen molar-refractivity contribution < 1.29 is 4.79 Å². The number of hydrogen-bond acceptors (Lipinski definition) is 3. The highest BCUT2D eigenvalue weighted by atomic mass is 16.1. The Morgan fingerprint density at radius 3 is 2.67 bits per heavy atom. The van der Waals surface area contributed by atoms with Crippen molar-refractivity contribution in [2.75, 3.05) is 0 Å². The second kappa shape index (κ2) is 3.40. The normalized spacial score (nSPS) is 19.7. The molecule has 3 nitrogen and oxygen atoms in total. The Morgan fingerprint density at radius 2 is 1.93 bits per heavy atom. The molecule has 1 fully saturated rings. The molecule has 1 saturated carbocycles. The number of aldehydes is 1. The fourth-order valence-electron chi connectivity index (χ4n) is 2.26. The molecule has 0 unspecified atom stereocenters. The van der Waals surface area contributed by atoms with Crippen LogP contribution in [0, 0.1) is 0 Å². The number of nitrogens with zero attached hydrogens (tertiary/aromatic N) is 2. The van der Waals surface area contributed by atoms with Gasteiger partial charge in [0.2, 0.25) is 0 Å². The number of carbonyl (C=O) groups is 1. The molecule has 0 amide bonds. The highest BCUT2D eigenvalue weighted by Gasteiger charge is 2.28. The molecule has 0 N–H and O–H groups in total. The van der Waals surface area contributed by atoms with Crippen LogP contribution in [0.2, 0.25) is 0 Å². The molecule has 0 bridgehead atoms. The lowest BCUT2D eigenvalue weighted by Gasteiger charge is -2.16. The van der Waals surface area contributed by atoms with Gasteiger partial charge in [0, 0.05) is 17.2 Å². The number of aryl methyl sites for hydroxylation is 1. The third kappa shape index (κ3) is 1.56. The molecule has 0 aromatic carbocycles. The third-order valence-electron chi connectivity index (χ3n) is 3.29. The van der Waals surface area contributed by atoms with E-state index in [0.29, 0.717) is 11.6 Å². The summed E-state index contributed by atoms with van der Waals surface area (Å²) in [6, 6.07) is 0. The first kappa shape index (κ1) is 9.01. The molecular weight excluding hydrogens is 188 g/mol. The first-order valence-corrected chi connectivity index (χ1v) is 5.73. The molecule has 3 heteroatoms. The lowest BCUT2D eigenvalue weighted by atomic mass is 9.95. The number of carbonyl (C=O) groups excluding carboxylic acids is 1. The number of hydrogen-bond donors (Lipinski definition) is 0. The Kier molecular flexibility index (Phi) is 2.04. The predicted molar refractivity (Wildman–Crippen MR) is 56.0 cm³/mol. The lowest BCUT2D eigenvalue weighted by Crippen LogP contribution is -2.13. The molecule has 0 saturated heterocycles. The molecule has 1 aromatic heterocycles. The van der Waals surface area contributed by atoms with Crippen LogP contribution >= 0.6 is 0 Å². The SMILES string of the molecule is O=Cc1nc(C2CC2)nc2c1CCCC2. The van der Waals surface area contributed by atoms with Gasteiger partial charge in [-0.2, -0.15) is 0 Å². The minimum absolute atomic E-state index is 0.538. The second-order valence-corrected chi connectivity index (χ2v) is 4.49. The van der Waals surface area contributed by atoms with Gasteiger partial charge in [0.05, 0.1) is 0 Å². The molecular formula is C12H14N2O. The van der Waals surface area contributed by atoms with Gasteiger partial charge in [0.1, 0.15) is 11.5 Å². The highest BCUT2D eigenvalue weighted by Crippen LogP contribution is 2.38. The van der Waals surface area contributed by atoms with Crippen LogP contribution < -0.4 is 0 Å². The average Bonchev–Trinajstić information content (AvgIpc) is 3.11. The summed E-state index contributed by atoms with van der Waals surface area (Å²) in [7, 11) is 0. The molecule has 2 aliphatic rings. The van der Waals surface area contributed by atoms with Crippen molar-refractivity contribution in [3.05, 3.63) is 22.8 Å². The van der Waals surface area contributed by atoms with Gasteiger partial charge in [-0.25, -0.2) is 9.97 Å². The third-order valence-corrected chi connectivity index (χ3v) is 3.29. The molecule has 15 heavy (non-hydrogen) atoms. The Morgan fingerprint density at radius 1 is 1.13 bits per heavy atom. The Hall–Kier alpha value is -1.25. The molecule has 1 aromatic rings. The smallest absolute Gasteiger partial charge is 0.168 e. The van der Waals surface area contributed by atoms with Crippen LogP contribution in [-0.2, 0) is 12.8 Å². The molecule has 0 aliphatic heterocycles. The van der Waals surface area contributed by atoms with Gasteiger partial charge in [-0.1, -0.05) is 0 Å². The van der Waals surface area contributed by atoms with Crippen molar-refractivity contribution in [3.8, 4) is 0 Å². The van der Waals surface area contributed by atoms with E-state index in [1.807, 2.05) is 0 Å². The van der Waals surface area contributed by atoms with Crippen LogP contribution in [0.25, 0.3) is 0 Å². The van der Waals surface area contributed by atoms with E-state index in [2.05, 4.69) is 9.97 Å². The Balaban J connectivity index is 2.10. The molecule has 0 atom stereocenters. The van der Waals surface area contributed by atoms with Crippen LogP contribution in [0.1, 0.15) is 59.2 Å². The van der Waals surface area contributed by atoms with Crippen molar-refractivity contribution in [1.29, 1.82) is 0 Å². The Bertz CT molecular complexity index is 410. The number of fused-ring (bicyclic) bond motifs is 1. The summed E-state index contributed by atoms with van der Waals surface area (Å²) in [4.78, 5) is 20.0. The van der Waals surface area contributed by atoms with E-state index in [9.17, 15) is 4.79 Å². The summed E-state index contributed by atoms with van der Waals surface area (Å²) in [5.41, 5.74) is 2.91. The molecule has 0 spiro atoms. The van der Waals surface area contributed by atoms with Gasteiger partial charge in [0.15, 0.2) is 6.29 Å². The standard InChI is InChI=1S/C12H14N2O/c15-7-11-9-3-1-2-4-10(9)13-12(14-11)8-5-6-8/h7-8H,1-6H2. The molecule has 0 radical (unpaired) electrons. The highest BCUT2D eigenvalue weighted by molar-refractivity contribution is 5.74. The van der Waals surface area contributed by atoms with Crippen LogP contribution in [0.15, 0.2) is 0 Å². The van der Waals surface area contributed by atoms with Gasteiger partial charge in [-0.15, -0.1) is 0 Å². The van der Waals surface area contributed by atoms with E-state index < -0.39 is 0 Å². The Labute approximate surface area is 88.9 Å². The van der Waals surface area contributed by atoms with E-state index in [4.69, 9.17) is 0 Å². The minimum atomic E-state index is 0.538. The largest absolute Gasteiger partial charge is 0.296 e. The topological polar surface area (TPSA) is 42.9 Å². The summed E-state index contributed by atoms with van der Waals surface area (Å²) < 4.78 is 0. The van der Waals surface area contributed by atoms with Gasteiger partial charge in [-0.3, -0.25) is 4.79 Å². The minimum Gasteiger partial charge on any atom is -0.296 e. The van der Waals surface area contributed by atoms with Gasteiger partial charge in [-0.05, 0) is 38.5 Å². The van der Waals surface area contributed by atoms with Crippen molar-refractivity contribution in [2.45, 2.75) is 44.4 Å². The van der Waals surface area contributed by atoms with Gasteiger partial charge in [0.25, 0.3) is 0 Å². The van der Waals surface area contributed by atoms with Crippen LogP contribution in [0.5, 0.6) is 0 Å². The van der Waals surface area contributed by atoms with Gasteiger partial charge >= 0.3 is 0 Å². The summed E-state index contributed by atoms with van der Waals surface area (Å²) in [5, 5.41) is 0. The summed E-state index contributed by atoms with van der Waals surface area (Å²) in [5.74, 6) is 1.45. The quantitative estimate of drug-likeness (QED) is 0.689. The summed E-state index contributed by atoms with van der Waals surface area (Å²) in [6.07, 6.45) is 7.66. The first-order valence-electron chi connectivity index (χ1n) is 5.73. The average molecular weight is 202 g/mol. The molecule has 78 valence electrons. The maximum Gasteiger partial charge on any atom is 0.168 e. The van der Waals surface area contributed by atoms with Crippen LogP contribution in [0.4, 0.5) is 0 Å². The zero-order valence-electron chi connectivity index (χ0n) is 8.70.